The van der Waals surface area contributed by atoms with E-state index in [2.05, 4.69) is 15.4 Å². The molecule has 2 aliphatic rings. The molecule has 1 aromatic rings. The number of hydrogen-bond acceptors (Lipinski definition) is 6. The van der Waals surface area contributed by atoms with Gasteiger partial charge < -0.3 is 10.3 Å². The van der Waals surface area contributed by atoms with Crippen molar-refractivity contribution in [2.24, 2.45) is 10.7 Å². The summed E-state index contributed by atoms with van der Waals surface area (Å²) in [4.78, 5) is 19.5. The molecule has 11 heteroatoms. The second kappa shape index (κ2) is 5.30. The number of guanidine groups is 1. The van der Waals surface area contributed by atoms with Gasteiger partial charge in [0.1, 0.15) is 12.2 Å². The average molecular weight is 347 g/mol. The number of hydrazine groups is 1. The first-order valence-corrected chi connectivity index (χ1v) is 6.72. The van der Waals surface area contributed by atoms with Crippen LogP contribution in [-0.2, 0) is 6.54 Å². The van der Waals surface area contributed by atoms with Crippen LogP contribution in [-0.4, -0.2) is 32.9 Å². The minimum atomic E-state index is -4.52. The normalized spacial score (nSPS) is 20.4. The van der Waals surface area contributed by atoms with Gasteiger partial charge in [0.25, 0.3) is 5.56 Å². The number of nitrogens with zero attached hydrogens (tertiary/aromatic N) is 4. The van der Waals surface area contributed by atoms with Gasteiger partial charge in [0.05, 0.1) is 11.9 Å². The smallest absolute Gasteiger partial charge is 0.368 e. The maximum atomic E-state index is 12.5. The Bertz CT molecular complexity index is 797. The summed E-state index contributed by atoms with van der Waals surface area (Å²) in [6.45, 7) is -1.41. The molecule has 0 aliphatic carbocycles. The number of hydrogen-bond donors (Lipinski definition) is 2. The maximum absolute atomic E-state index is 12.5. The molecule has 0 saturated heterocycles. The van der Waals surface area contributed by atoms with E-state index in [1.807, 2.05) is 0 Å². The minimum Gasteiger partial charge on any atom is -0.368 e. The van der Waals surface area contributed by atoms with Crippen molar-refractivity contribution in [3.05, 3.63) is 45.6 Å². The first kappa shape index (κ1) is 15.4. The number of aliphatic imine (C=N–C) groups is 1. The molecule has 0 aromatic carbocycles. The number of nitrogens with two attached hydrogens (primary N) is 1. The van der Waals surface area contributed by atoms with Crippen LogP contribution in [0.4, 0.5) is 13.2 Å². The zero-order valence-electron chi connectivity index (χ0n) is 11.4. The second-order valence-corrected chi connectivity index (χ2v) is 5.28. The minimum absolute atomic E-state index is 0.127. The van der Waals surface area contributed by atoms with Crippen LogP contribution in [0.1, 0.15) is 5.69 Å². The van der Waals surface area contributed by atoms with Gasteiger partial charge in [0.2, 0.25) is 5.96 Å². The van der Waals surface area contributed by atoms with Crippen molar-refractivity contribution in [3.8, 4) is 0 Å². The molecule has 2 aliphatic heterocycles. The third kappa shape index (κ3) is 3.16. The van der Waals surface area contributed by atoms with Gasteiger partial charge in [-0.1, -0.05) is 11.6 Å². The number of alkyl halides is 3. The summed E-state index contributed by atoms with van der Waals surface area (Å²) in [5.74, 6) is 0.132. The topological polar surface area (TPSA) is 88.5 Å². The van der Waals surface area contributed by atoms with Crippen LogP contribution in [0.2, 0.25) is 0 Å². The summed E-state index contributed by atoms with van der Waals surface area (Å²) in [7, 11) is 0. The number of allylic oxidation sites excluding steroid dienone is 2. The number of nitrogens with one attached hydrogen (secondary N) is 1. The largest absolute Gasteiger partial charge is 0.406 e. The molecule has 0 amide bonds. The molecule has 0 saturated carbocycles. The van der Waals surface area contributed by atoms with E-state index in [1.54, 1.807) is 6.08 Å². The molecule has 0 radical (unpaired) electrons. The lowest BCUT2D eigenvalue weighted by molar-refractivity contribution is -0.141. The molecule has 23 heavy (non-hydrogen) atoms. The van der Waals surface area contributed by atoms with Crippen molar-refractivity contribution >= 4 is 23.3 Å². The van der Waals surface area contributed by atoms with Crippen molar-refractivity contribution in [1.82, 2.24) is 20.0 Å². The third-order valence-electron chi connectivity index (χ3n) is 3.10. The van der Waals surface area contributed by atoms with Crippen LogP contribution >= 0.6 is 11.6 Å². The Morgan fingerprint density at radius 3 is 2.87 bits per heavy atom. The summed E-state index contributed by atoms with van der Waals surface area (Å²) in [6.07, 6.45) is -0.128. The monoisotopic (exact) mass is 346 g/mol. The Balaban J connectivity index is 2.00. The fraction of sp³-hybridized carbons (Fsp3) is 0.250. The van der Waals surface area contributed by atoms with Gasteiger partial charge in [0, 0.05) is 11.2 Å². The van der Waals surface area contributed by atoms with Crippen LogP contribution in [0.15, 0.2) is 39.4 Å². The predicted molar refractivity (Wildman–Crippen MR) is 76.9 cm³/mol. The number of halogens is 4. The van der Waals surface area contributed by atoms with Gasteiger partial charge >= 0.3 is 6.18 Å². The number of aromatic nitrogens is 2. The second-order valence-electron chi connectivity index (χ2n) is 4.84. The van der Waals surface area contributed by atoms with E-state index in [1.165, 1.54) is 11.1 Å². The standard InChI is InChI=1S/C12H10ClF3N6O/c13-6-1-8(22-9(2-6)19-11(17)20-22)7-4-21(5-12(14,15)16)10(23)3-18-7/h1-4,9H,5H2,(H3,17,19,20). The molecule has 0 bridgehead atoms. The van der Waals surface area contributed by atoms with Gasteiger partial charge in [-0.05, 0) is 12.2 Å². The zero-order valence-corrected chi connectivity index (χ0v) is 12.1. The fourth-order valence-corrected chi connectivity index (χ4v) is 2.43. The highest BCUT2D eigenvalue weighted by molar-refractivity contribution is 6.31. The Kier molecular flexibility index (Phi) is 3.55. The Morgan fingerprint density at radius 1 is 1.43 bits per heavy atom. The number of fused-ring (bicyclic) bond motifs is 1. The lowest BCUT2D eigenvalue weighted by Crippen LogP contribution is -2.42. The van der Waals surface area contributed by atoms with E-state index in [0.29, 0.717) is 15.3 Å². The quantitative estimate of drug-likeness (QED) is 0.824. The van der Waals surface area contributed by atoms with Gasteiger partial charge in [-0.2, -0.15) is 13.2 Å². The van der Waals surface area contributed by atoms with Gasteiger partial charge in [-0.25, -0.2) is 9.98 Å². The lowest BCUT2D eigenvalue weighted by atomic mass is 10.2. The zero-order chi connectivity index (χ0) is 16.8. The van der Waals surface area contributed by atoms with Crippen LogP contribution in [0.25, 0.3) is 5.70 Å². The van der Waals surface area contributed by atoms with E-state index in [4.69, 9.17) is 17.3 Å². The molecule has 1 aromatic heterocycles. The van der Waals surface area contributed by atoms with Crippen LogP contribution < -0.4 is 16.7 Å². The summed E-state index contributed by atoms with van der Waals surface area (Å²) in [6, 6.07) is 0. The molecule has 3 N–H and O–H groups in total. The summed E-state index contributed by atoms with van der Waals surface area (Å²) < 4.78 is 38.2. The highest BCUT2D eigenvalue weighted by atomic mass is 35.5. The molecular weight excluding hydrogens is 337 g/mol. The van der Waals surface area contributed by atoms with Crippen molar-refractivity contribution in [2.45, 2.75) is 18.9 Å². The summed E-state index contributed by atoms with van der Waals surface area (Å²) in [5, 5.41) is 1.82. The van der Waals surface area contributed by atoms with E-state index in [-0.39, 0.29) is 11.7 Å². The van der Waals surface area contributed by atoms with Gasteiger partial charge in [0.15, 0.2) is 6.17 Å². The summed E-state index contributed by atoms with van der Waals surface area (Å²) >= 11 is 6.00. The third-order valence-corrected chi connectivity index (χ3v) is 3.34. The fourth-order valence-electron chi connectivity index (χ4n) is 2.21. The SMILES string of the molecule is NC1=NC2C=C(Cl)C=C(c3cn(CC(F)(F)F)c(=O)cn3)N2N1. The van der Waals surface area contributed by atoms with Crippen molar-refractivity contribution in [3.63, 3.8) is 0 Å². The molecule has 122 valence electrons. The van der Waals surface area contributed by atoms with E-state index in [0.717, 1.165) is 12.4 Å². The van der Waals surface area contributed by atoms with E-state index < -0.39 is 24.4 Å². The van der Waals surface area contributed by atoms with Crippen molar-refractivity contribution in [1.29, 1.82) is 0 Å². The van der Waals surface area contributed by atoms with E-state index in [9.17, 15) is 18.0 Å². The maximum Gasteiger partial charge on any atom is 0.406 e. The highest BCUT2D eigenvalue weighted by Crippen LogP contribution is 2.29. The lowest BCUT2D eigenvalue weighted by Gasteiger charge is -2.28. The molecule has 1 atom stereocenters. The Morgan fingerprint density at radius 2 is 2.17 bits per heavy atom. The molecule has 0 spiro atoms. The van der Waals surface area contributed by atoms with Gasteiger partial charge in [-0.3, -0.25) is 15.2 Å². The van der Waals surface area contributed by atoms with Crippen molar-refractivity contribution < 1.29 is 13.2 Å². The number of rotatable bonds is 2. The molecule has 7 nitrogen and oxygen atoms in total. The van der Waals surface area contributed by atoms with Crippen LogP contribution in [0, 0.1) is 0 Å². The molecule has 3 heterocycles. The Hall–Kier alpha value is -2.49. The average Bonchev–Trinajstić information content (AvgIpc) is 2.79. The van der Waals surface area contributed by atoms with Gasteiger partial charge in [-0.15, -0.1) is 0 Å². The molecule has 1 unspecified atom stereocenters. The first-order valence-electron chi connectivity index (χ1n) is 6.35. The first-order chi connectivity index (χ1) is 10.7. The molecular formula is C12H10ClF3N6O. The van der Waals surface area contributed by atoms with E-state index >= 15 is 0 Å². The van der Waals surface area contributed by atoms with Crippen LogP contribution in [0.5, 0.6) is 0 Å². The highest BCUT2D eigenvalue weighted by Gasteiger charge is 2.32. The van der Waals surface area contributed by atoms with Crippen LogP contribution in [0.3, 0.4) is 0 Å². The summed E-state index contributed by atoms with van der Waals surface area (Å²) in [5.41, 5.74) is 7.96. The molecule has 0 fully saturated rings. The Labute approximate surface area is 132 Å². The molecule has 3 rings (SSSR count). The predicted octanol–water partition coefficient (Wildman–Crippen LogP) is 0.744. The van der Waals surface area contributed by atoms with Crippen molar-refractivity contribution in [2.75, 3.05) is 0 Å².